The minimum atomic E-state index is -0.386. The van der Waals surface area contributed by atoms with Crippen LogP contribution in [0.1, 0.15) is 22.9 Å². The Morgan fingerprint density at radius 3 is 3.16 bits per heavy atom. The van der Waals surface area contributed by atoms with Gasteiger partial charge in [-0.05, 0) is 35.7 Å². The monoisotopic (exact) mass is 255 g/mol. The number of nitrogens with zero attached hydrogens (tertiary/aromatic N) is 1. The molecule has 1 unspecified atom stereocenters. The summed E-state index contributed by atoms with van der Waals surface area (Å²) in [5.74, 6) is 0.524. The average molecular weight is 255 g/mol. The third-order valence-corrected chi connectivity index (χ3v) is 3.52. The van der Waals surface area contributed by atoms with Crippen LogP contribution in [0.15, 0.2) is 41.0 Å². The predicted molar refractivity (Wildman–Crippen MR) is 70.0 cm³/mol. The van der Waals surface area contributed by atoms with Crippen LogP contribution in [0.2, 0.25) is 0 Å². The zero-order valence-electron chi connectivity index (χ0n) is 10.5. The Bertz CT molecular complexity index is 578. The number of carbonyl (C=O) groups excluding carboxylic acids is 1. The Hall–Kier alpha value is -2.07. The van der Waals surface area contributed by atoms with Crippen LogP contribution in [0.5, 0.6) is 0 Å². The van der Waals surface area contributed by atoms with E-state index in [2.05, 4.69) is 11.0 Å². The Balaban J connectivity index is 1.92. The summed E-state index contributed by atoms with van der Waals surface area (Å²) in [6.45, 7) is 1.39. The highest BCUT2D eigenvalue weighted by Gasteiger charge is 2.31. The summed E-state index contributed by atoms with van der Waals surface area (Å²) in [7, 11) is 0. The fourth-order valence-electron chi connectivity index (χ4n) is 2.66. The summed E-state index contributed by atoms with van der Waals surface area (Å²) in [4.78, 5) is 13.9. The van der Waals surface area contributed by atoms with Crippen LogP contribution < -0.4 is 5.73 Å². The highest BCUT2D eigenvalue weighted by Crippen LogP contribution is 2.30. The molecule has 0 spiro atoms. The normalized spacial score (nSPS) is 19.1. The zero-order chi connectivity index (χ0) is 13.2. The molecule has 2 heterocycles. The molecule has 3 rings (SSSR count). The molecular weight excluding hydrogens is 240 g/mol. The molecule has 0 fully saturated rings. The van der Waals surface area contributed by atoms with E-state index in [1.807, 2.05) is 30.3 Å². The van der Waals surface area contributed by atoms with Gasteiger partial charge in [0, 0.05) is 6.54 Å². The van der Waals surface area contributed by atoms with Crippen molar-refractivity contribution in [3.05, 3.63) is 59.5 Å². The van der Waals surface area contributed by atoms with E-state index in [0.29, 0.717) is 6.54 Å². The van der Waals surface area contributed by atoms with Gasteiger partial charge in [0.2, 0.25) is 5.91 Å². The molecule has 1 radical (unpaired) electrons. The molecule has 0 bridgehead atoms. The van der Waals surface area contributed by atoms with E-state index in [1.54, 1.807) is 6.26 Å². The van der Waals surface area contributed by atoms with Crippen molar-refractivity contribution in [1.29, 1.82) is 0 Å². The average Bonchev–Trinajstić information content (AvgIpc) is 2.91. The van der Waals surface area contributed by atoms with Gasteiger partial charge in [-0.2, -0.15) is 0 Å². The molecule has 1 aromatic heterocycles. The molecule has 19 heavy (non-hydrogen) atoms. The molecular formula is C15H15N2O2. The number of furan rings is 1. The van der Waals surface area contributed by atoms with Crippen molar-refractivity contribution in [2.75, 3.05) is 6.54 Å². The van der Waals surface area contributed by atoms with Crippen molar-refractivity contribution in [2.45, 2.75) is 19.0 Å². The lowest BCUT2D eigenvalue weighted by molar-refractivity contribution is -0.124. The standard InChI is InChI=1S/C15H15N2O2/c16-15(18)14-13-6-2-1-4-11(13)7-8-17(14)10-12-5-3-9-19-12/h2-6,9,14H,7-8,10H2,(H2,16,18). The van der Waals surface area contributed by atoms with Gasteiger partial charge in [0.1, 0.15) is 11.8 Å². The van der Waals surface area contributed by atoms with Gasteiger partial charge in [-0.3, -0.25) is 9.69 Å². The predicted octanol–water partition coefficient (Wildman–Crippen LogP) is 1.66. The molecule has 4 heteroatoms. The van der Waals surface area contributed by atoms with E-state index in [9.17, 15) is 4.79 Å². The molecule has 1 aliphatic rings. The van der Waals surface area contributed by atoms with Gasteiger partial charge in [-0.15, -0.1) is 0 Å². The molecule has 1 amide bonds. The number of nitrogens with two attached hydrogens (primary N) is 1. The molecule has 1 aromatic carbocycles. The molecule has 4 nitrogen and oxygen atoms in total. The number of carbonyl (C=O) groups is 1. The molecule has 1 atom stereocenters. The molecule has 0 saturated heterocycles. The maximum atomic E-state index is 11.8. The fraction of sp³-hybridized carbons (Fsp3) is 0.267. The molecule has 0 saturated carbocycles. The molecule has 2 aromatic rings. The lowest BCUT2D eigenvalue weighted by Gasteiger charge is -2.34. The number of hydrogen-bond donors (Lipinski definition) is 1. The number of rotatable bonds is 3. The second-order valence-electron chi connectivity index (χ2n) is 4.73. The second-order valence-corrected chi connectivity index (χ2v) is 4.73. The zero-order valence-corrected chi connectivity index (χ0v) is 10.5. The quantitative estimate of drug-likeness (QED) is 0.907. The summed E-state index contributed by atoms with van der Waals surface area (Å²) in [6.07, 6.45) is 2.54. The first kappa shape index (κ1) is 12.0. The van der Waals surface area contributed by atoms with Crippen LogP contribution in [-0.4, -0.2) is 17.4 Å². The largest absolute Gasteiger partial charge is 0.468 e. The van der Waals surface area contributed by atoms with Gasteiger partial charge >= 0.3 is 0 Å². The van der Waals surface area contributed by atoms with Crippen LogP contribution >= 0.6 is 0 Å². The topological polar surface area (TPSA) is 59.5 Å². The van der Waals surface area contributed by atoms with Crippen molar-refractivity contribution in [1.82, 2.24) is 4.90 Å². The third kappa shape index (κ3) is 2.27. The molecule has 1 aliphatic heterocycles. The third-order valence-electron chi connectivity index (χ3n) is 3.52. The van der Waals surface area contributed by atoms with Crippen LogP contribution in [-0.2, 0) is 17.8 Å². The van der Waals surface area contributed by atoms with Gasteiger partial charge in [-0.1, -0.05) is 18.2 Å². The highest BCUT2D eigenvalue weighted by atomic mass is 16.3. The molecule has 0 aliphatic carbocycles. The second kappa shape index (κ2) is 4.90. The van der Waals surface area contributed by atoms with Crippen LogP contribution in [0, 0.1) is 6.07 Å². The van der Waals surface area contributed by atoms with E-state index < -0.39 is 0 Å². The number of hydrogen-bond acceptors (Lipinski definition) is 3. The van der Waals surface area contributed by atoms with E-state index >= 15 is 0 Å². The van der Waals surface area contributed by atoms with E-state index in [1.165, 1.54) is 0 Å². The van der Waals surface area contributed by atoms with Gasteiger partial charge in [0.15, 0.2) is 0 Å². The SMILES string of the molecule is NC(=O)C1c2cc[c]cc2CCN1Cc1ccco1. The summed E-state index contributed by atoms with van der Waals surface area (Å²) in [5, 5.41) is 0. The molecule has 97 valence electrons. The number of benzene rings is 1. The lowest BCUT2D eigenvalue weighted by Crippen LogP contribution is -2.42. The first-order valence-corrected chi connectivity index (χ1v) is 6.30. The Morgan fingerprint density at radius 1 is 1.53 bits per heavy atom. The van der Waals surface area contributed by atoms with Crippen molar-refractivity contribution < 1.29 is 9.21 Å². The summed E-state index contributed by atoms with van der Waals surface area (Å²) in [5.41, 5.74) is 7.72. The minimum absolute atomic E-state index is 0.321. The van der Waals surface area contributed by atoms with Gasteiger partial charge < -0.3 is 10.2 Å². The van der Waals surface area contributed by atoms with Crippen LogP contribution in [0.3, 0.4) is 0 Å². The summed E-state index contributed by atoms with van der Waals surface area (Å²) < 4.78 is 5.35. The number of amides is 1. The maximum absolute atomic E-state index is 11.8. The van der Waals surface area contributed by atoms with Crippen molar-refractivity contribution >= 4 is 5.91 Å². The summed E-state index contributed by atoms with van der Waals surface area (Å²) in [6, 6.07) is 12.1. The van der Waals surface area contributed by atoms with Gasteiger partial charge in [0.05, 0.1) is 12.8 Å². The van der Waals surface area contributed by atoms with Crippen molar-refractivity contribution in [2.24, 2.45) is 5.73 Å². The number of fused-ring (bicyclic) bond motifs is 1. The van der Waals surface area contributed by atoms with Crippen molar-refractivity contribution in [3.63, 3.8) is 0 Å². The Morgan fingerprint density at radius 2 is 2.42 bits per heavy atom. The smallest absolute Gasteiger partial charge is 0.239 e. The van der Waals surface area contributed by atoms with Crippen LogP contribution in [0.4, 0.5) is 0 Å². The van der Waals surface area contributed by atoms with E-state index in [0.717, 1.165) is 29.9 Å². The first-order chi connectivity index (χ1) is 9.25. The maximum Gasteiger partial charge on any atom is 0.239 e. The first-order valence-electron chi connectivity index (χ1n) is 6.30. The molecule has 2 N–H and O–H groups in total. The fourth-order valence-corrected chi connectivity index (χ4v) is 2.66. The Kier molecular flexibility index (Phi) is 3.09. The van der Waals surface area contributed by atoms with Crippen LogP contribution in [0.25, 0.3) is 0 Å². The lowest BCUT2D eigenvalue weighted by atomic mass is 9.92. The highest BCUT2D eigenvalue weighted by molar-refractivity contribution is 5.82. The number of primary amides is 1. The minimum Gasteiger partial charge on any atom is -0.468 e. The van der Waals surface area contributed by atoms with E-state index in [4.69, 9.17) is 10.2 Å². The van der Waals surface area contributed by atoms with Crippen molar-refractivity contribution in [3.8, 4) is 0 Å². The van der Waals surface area contributed by atoms with Gasteiger partial charge in [-0.25, -0.2) is 0 Å². The van der Waals surface area contributed by atoms with Gasteiger partial charge in [0.25, 0.3) is 0 Å². The van der Waals surface area contributed by atoms with E-state index in [-0.39, 0.29) is 11.9 Å². The summed E-state index contributed by atoms with van der Waals surface area (Å²) >= 11 is 0. The Labute approximate surface area is 111 Å².